The zero-order chi connectivity index (χ0) is 13.0. The molecular formula is C13H22N4O. The van der Waals surface area contributed by atoms with Crippen LogP contribution >= 0.6 is 0 Å². The summed E-state index contributed by atoms with van der Waals surface area (Å²) < 4.78 is 0. The normalized spacial score (nSPS) is 23.2. The van der Waals surface area contributed by atoms with Gasteiger partial charge in [0.1, 0.15) is 0 Å². The number of aromatic nitrogens is 2. The zero-order valence-corrected chi connectivity index (χ0v) is 11.2. The third-order valence-corrected chi connectivity index (χ3v) is 3.79. The van der Waals surface area contributed by atoms with Crippen molar-refractivity contribution >= 4 is 11.7 Å². The fourth-order valence-corrected chi connectivity index (χ4v) is 2.47. The summed E-state index contributed by atoms with van der Waals surface area (Å²) in [4.78, 5) is 12.3. The highest BCUT2D eigenvalue weighted by Crippen LogP contribution is 2.30. The number of nitrogens with zero attached hydrogens (tertiary/aromatic N) is 1. The minimum atomic E-state index is -0.260. The lowest BCUT2D eigenvalue weighted by Gasteiger charge is -2.24. The zero-order valence-electron chi connectivity index (χ0n) is 11.2. The van der Waals surface area contributed by atoms with Crippen molar-refractivity contribution < 1.29 is 4.79 Å². The summed E-state index contributed by atoms with van der Waals surface area (Å²) in [6.45, 7) is 5.87. The van der Waals surface area contributed by atoms with Crippen LogP contribution in [0.5, 0.6) is 0 Å². The number of H-pyrrole nitrogens is 1. The predicted molar refractivity (Wildman–Crippen MR) is 71.4 cm³/mol. The predicted octanol–water partition coefficient (Wildman–Crippen LogP) is 1.69. The number of nitrogens with one attached hydrogen (secondary N) is 3. The van der Waals surface area contributed by atoms with Gasteiger partial charge in [-0.2, -0.15) is 5.10 Å². The molecule has 0 saturated carbocycles. The van der Waals surface area contributed by atoms with Crippen LogP contribution in [-0.4, -0.2) is 29.2 Å². The second-order valence-electron chi connectivity index (χ2n) is 5.04. The fraction of sp³-hybridized carbons (Fsp3) is 0.692. The third kappa shape index (κ3) is 2.56. The van der Waals surface area contributed by atoms with Crippen LogP contribution in [0.1, 0.15) is 38.8 Å². The van der Waals surface area contributed by atoms with Gasteiger partial charge in [0.05, 0.1) is 5.41 Å². The van der Waals surface area contributed by atoms with E-state index in [-0.39, 0.29) is 11.3 Å². The standard InChI is InChI=1S/C13H22N4O/c1-3-5-10-8-11(17-16-10)15-12(18)13(4-2)6-7-14-9-13/h8,14H,3-7,9H2,1-2H3,(H2,15,16,17,18). The maximum absolute atomic E-state index is 12.3. The van der Waals surface area contributed by atoms with Crippen molar-refractivity contribution in [2.24, 2.45) is 5.41 Å². The lowest BCUT2D eigenvalue weighted by molar-refractivity contribution is -0.124. The highest BCUT2D eigenvalue weighted by molar-refractivity contribution is 5.95. The van der Waals surface area contributed by atoms with Gasteiger partial charge in [0.25, 0.3) is 0 Å². The van der Waals surface area contributed by atoms with Gasteiger partial charge in [-0.05, 0) is 25.8 Å². The molecule has 3 N–H and O–H groups in total. The van der Waals surface area contributed by atoms with E-state index in [4.69, 9.17) is 0 Å². The molecule has 1 unspecified atom stereocenters. The van der Waals surface area contributed by atoms with E-state index in [0.717, 1.165) is 44.5 Å². The Morgan fingerprint density at radius 1 is 1.56 bits per heavy atom. The second-order valence-corrected chi connectivity index (χ2v) is 5.04. The maximum atomic E-state index is 12.3. The van der Waals surface area contributed by atoms with Crippen molar-refractivity contribution in [3.05, 3.63) is 11.8 Å². The molecule has 1 atom stereocenters. The molecule has 1 aromatic heterocycles. The first-order valence-electron chi connectivity index (χ1n) is 6.76. The summed E-state index contributed by atoms with van der Waals surface area (Å²) in [5.74, 6) is 0.729. The number of hydrogen-bond acceptors (Lipinski definition) is 3. The molecule has 1 fully saturated rings. The van der Waals surface area contributed by atoms with Crippen molar-refractivity contribution in [2.45, 2.75) is 39.5 Å². The number of carbonyl (C=O) groups excluding carboxylic acids is 1. The van der Waals surface area contributed by atoms with Crippen LogP contribution in [0.3, 0.4) is 0 Å². The minimum Gasteiger partial charge on any atom is -0.316 e. The van der Waals surface area contributed by atoms with Gasteiger partial charge in [0.15, 0.2) is 5.82 Å². The first-order valence-corrected chi connectivity index (χ1v) is 6.76. The molecular weight excluding hydrogens is 228 g/mol. The lowest BCUT2D eigenvalue weighted by Crippen LogP contribution is -2.37. The van der Waals surface area contributed by atoms with Gasteiger partial charge >= 0.3 is 0 Å². The van der Waals surface area contributed by atoms with E-state index in [1.54, 1.807) is 0 Å². The van der Waals surface area contributed by atoms with Crippen LogP contribution in [0.4, 0.5) is 5.82 Å². The summed E-state index contributed by atoms with van der Waals surface area (Å²) in [6, 6.07) is 1.92. The number of aromatic amines is 1. The quantitative estimate of drug-likeness (QED) is 0.745. The molecule has 100 valence electrons. The van der Waals surface area contributed by atoms with Crippen molar-refractivity contribution in [3.63, 3.8) is 0 Å². The molecule has 5 nitrogen and oxygen atoms in total. The molecule has 1 aliphatic heterocycles. The van der Waals surface area contributed by atoms with Gasteiger partial charge in [-0.15, -0.1) is 0 Å². The van der Waals surface area contributed by atoms with E-state index in [2.05, 4.69) is 34.7 Å². The van der Waals surface area contributed by atoms with E-state index in [1.165, 1.54) is 0 Å². The molecule has 2 rings (SSSR count). The first kappa shape index (κ1) is 13.1. The van der Waals surface area contributed by atoms with Crippen LogP contribution in [0.25, 0.3) is 0 Å². The Bertz CT molecular complexity index is 407. The molecule has 0 spiro atoms. The summed E-state index contributed by atoms with van der Waals surface area (Å²) in [5, 5.41) is 13.3. The molecule has 1 aromatic rings. The van der Waals surface area contributed by atoms with E-state index in [9.17, 15) is 4.79 Å². The van der Waals surface area contributed by atoms with Gasteiger partial charge in [0.2, 0.25) is 5.91 Å². The number of amides is 1. The Hall–Kier alpha value is -1.36. The molecule has 0 aromatic carbocycles. The smallest absolute Gasteiger partial charge is 0.233 e. The number of aryl methyl sites for hydroxylation is 1. The van der Waals surface area contributed by atoms with Crippen LogP contribution in [0.2, 0.25) is 0 Å². The molecule has 0 aliphatic carbocycles. The topological polar surface area (TPSA) is 69.8 Å². The molecule has 18 heavy (non-hydrogen) atoms. The van der Waals surface area contributed by atoms with Crippen LogP contribution in [0.15, 0.2) is 6.07 Å². The Kier molecular flexibility index (Phi) is 4.01. The van der Waals surface area contributed by atoms with Gasteiger partial charge in [-0.3, -0.25) is 9.89 Å². The molecule has 0 bridgehead atoms. The van der Waals surface area contributed by atoms with Gasteiger partial charge in [-0.1, -0.05) is 20.3 Å². The van der Waals surface area contributed by atoms with Gasteiger partial charge in [-0.25, -0.2) is 0 Å². The fourth-order valence-electron chi connectivity index (χ4n) is 2.47. The van der Waals surface area contributed by atoms with Crippen molar-refractivity contribution in [3.8, 4) is 0 Å². The SMILES string of the molecule is CCCc1cc(NC(=O)C2(CC)CCNC2)n[nH]1. The van der Waals surface area contributed by atoms with E-state index < -0.39 is 0 Å². The summed E-state index contributed by atoms with van der Waals surface area (Å²) in [7, 11) is 0. The first-order chi connectivity index (χ1) is 8.70. The average Bonchev–Trinajstić information content (AvgIpc) is 2.99. The highest BCUT2D eigenvalue weighted by atomic mass is 16.2. The minimum absolute atomic E-state index is 0.0875. The summed E-state index contributed by atoms with van der Waals surface area (Å²) in [5.41, 5.74) is 0.812. The van der Waals surface area contributed by atoms with Crippen molar-refractivity contribution in [1.29, 1.82) is 0 Å². The van der Waals surface area contributed by atoms with E-state index in [1.807, 2.05) is 6.07 Å². The second kappa shape index (κ2) is 5.52. The Balaban J connectivity index is 2.01. The summed E-state index contributed by atoms with van der Waals surface area (Å²) in [6.07, 6.45) is 3.79. The van der Waals surface area contributed by atoms with Gasteiger partial charge in [0, 0.05) is 18.3 Å². The van der Waals surface area contributed by atoms with Gasteiger partial charge < -0.3 is 10.6 Å². The monoisotopic (exact) mass is 250 g/mol. The number of hydrogen-bond donors (Lipinski definition) is 3. The largest absolute Gasteiger partial charge is 0.316 e. The van der Waals surface area contributed by atoms with Crippen molar-refractivity contribution in [2.75, 3.05) is 18.4 Å². The van der Waals surface area contributed by atoms with Crippen molar-refractivity contribution in [1.82, 2.24) is 15.5 Å². The number of carbonyl (C=O) groups is 1. The highest BCUT2D eigenvalue weighted by Gasteiger charge is 2.39. The molecule has 1 saturated heterocycles. The molecule has 1 amide bonds. The molecule has 2 heterocycles. The summed E-state index contributed by atoms with van der Waals surface area (Å²) >= 11 is 0. The Labute approximate surface area is 108 Å². The van der Waals surface area contributed by atoms with Crippen LogP contribution in [0, 0.1) is 5.41 Å². The lowest BCUT2D eigenvalue weighted by atomic mass is 9.83. The molecule has 0 radical (unpaired) electrons. The maximum Gasteiger partial charge on any atom is 0.233 e. The third-order valence-electron chi connectivity index (χ3n) is 3.79. The number of rotatable bonds is 5. The molecule has 5 heteroatoms. The van der Waals surface area contributed by atoms with E-state index in [0.29, 0.717) is 5.82 Å². The Morgan fingerprint density at radius 3 is 3.00 bits per heavy atom. The van der Waals surface area contributed by atoms with Crippen LogP contribution in [-0.2, 0) is 11.2 Å². The Morgan fingerprint density at radius 2 is 2.39 bits per heavy atom. The molecule has 1 aliphatic rings. The van der Waals surface area contributed by atoms with Crippen LogP contribution < -0.4 is 10.6 Å². The number of anilines is 1. The van der Waals surface area contributed by atoms with E-state index >= 15 is 0 Å². The average molecular weight is 250 g/mol.